The predicted octanol–water partition coefficient (Wildman–Crippen LogP) is 1.23. The van der Waals surface area contributed by atoms with Crippen molar-refractivity contribution in [2.24, 2.45) is 7.05 Å². The van der Waals surface area contributed by atoms with Crippen molar-refractivity contribution in [3.8, 4) is 0 Å². The molecule has 118 valence electrons. The van der Waals surface area contributed by atoms with E-state index in [2.05, 4.69) is 35.5 Å². The number of anilines is 2. The van der Waals surface area contributed by atoms with Crippen molar-refractivity contribution >= 4 is 22.7 Å². The first-order valence-corrected chi connectivity index (χ1v) is 7.74. The standard InChI is InChI=1S/C15H18N8/c1-22-15-12(9-20-22)14(17-10-18-15)16-8-11-4-3-7-23(11)13-5-2-6-19-21-13/h2,5-6,9-11H,3-4,7-8H2,1H3,(H,16,17,18)/t11-/m0/s1. The molecular formula is C15H18N8. The number of nitrogens with one attached hydrogen (secondary N) is 1. The quantitative estimate of drug-likeness (QED) is 0.776. The van der Waals surface area contributed by atoms with E-state index in [0.29, 0.717) is 6.04 Å². The third-order valence-corrected chi connectivity index (χ3v) is 4.26. The molecule has 8 heteroatoms. The maximum atomic E-state index is 4.36. The van der Waals surface area contributed by atoms with Crippen LogP contribution in [0.25, 0.3) is 11.0 Å². The van der Waals surface area contributed by atoms with Gasteiger partial charge in [-0.15, -0.1) is 5.10 Å². The third kappa shape index (κ3) is 2.56. The van der Waals surface area contributed by atoms with Crippen LogP contribution in [0.4, 0.5) is 11.6 Å². The fraction of sp³-hybridized carbons (Fsp3) is 0.400. The third-order valence-electron chi connectivity index (χ3n) is 4.26. The van der Waals surface area contributed by atoms with Gasteiger partial charge in [-0.1, -0.05) is 0 Å². The average molecular weight is 310 g/mol. The van der Waals surface area contributed by atoms with Crippen LogP contribution in [0, 0.1) is 0 Å². The van der Waals surface area contributed by atoms with E-state index < -0.39 is 0 Å². The summed E-state index contributed by atoms with van der Waals surface area (Å²) >= 11 is 0. The molecule has 0 radical (unpaired) electrons. The van der Waals surface area contributed by atoms with E-state index in [1.165, 1.54) is 0 Å². The lowest BCUT2D eigenvalue weighted by atomic mass is 10.2. The number of hydrogen-bond donors (Lipinski definition) is 1. The van der Waals surface area contributed by atoms with Gasteiger partial charge < -0.3 is 10.2 Å². The lowest BCUT2D eigenvalue weighted by Crippen LogP contribution is -2.35. The van der Waals surface area contributed by atoms with Crippen LogP contribution in [0.15, 0.2) is 30.9 Å². The Morgan fingerprint density at radius 1 is 1.35 bits per heavy atom. The van der Waals surface area contributed by atoms with E-state index in [0.717, 1.165) is 48.6 Å². The van der Waals surface area contributed by atoms with Crippen LogP contribution in [-0.4, -0.2) is 49.1 Å². The Morgan fingerprint density at radius 3 is 3.17 bits per heavy atom. The zero-order chi connectivity index (χ0) is 15.6. The van der Waals surface area contributed by atoms with Gasteiger partial charge in [0.1, 0.15) is 12.1 Å². The molecule has 1 saturated heterocycles. The van der Waals surface area contributed by atoms with Crippen LogP contribution >= 0.6 is 0 Å². The summed E-state index contributed by atoms with van der Waals surface area (Å²) in [7, 11) is 1.88. The Morgan fingerprint density at radius 2 is 2.30 bits per heavy atom. The number of hydrogen-bond acceptors (Lipinski definition) is 7. The minimum absolute atomic E-state index is 0.383. The summed E-state index contributed by atoms with van der Waals surface area (Å²) in [6, 6.07) is 4.32. The van der Waals surface area contributed by atoms with Crippen LogP contribution in [-0.2, 0) is 7.05 Å². The molecule has 0 aromatic carbocycles. The molecule has 1 N–H and O–H groups in total. The Bertz CT molecular complexity index is 800. The highest BCUT2D eigenvalue weighted by atomic mass is 15.3. The van der Waals surface area contributed by atoms with Gasteiger partial charge in [0.25, 0.3) is 0 Å². The molecule has 4 heterocycles. The van der Waals surface area contributed by atoms with E-state index in [-0.39, 0.29) is 0 Å². The van der Waals surface area contributed by atoms with E-state index in [4.69, 9.17) is 0 Å². The fourth-order valence-electron chi connectivity index (χ4n) is 3.11. The minimum Gasteiger partial charge on any atom is -0.367 e. The predicted molar refractivity (Wildman–Crippen MR) is 87.2 cm³/mol. The Labute approximate surface area is 133 Å². The lowest BCUT2D eigenvalue weighted by Gasteiger charge is -2.25. The van der Waals surface area contributed by atoms with Crippen LogP contribution in [0.2, 0.25) is 0 Å². The summed E-state index contributed by atoms with van der Waals surface area (Å²) in [6.45, 7) is 1.81. The molecule has 1 aliphatic heterocycles. The molecule has 0 saturated carbocycles. The van der Waals surface area contributed by atoms with Gasteiger partial charge in [0.2, 0.25) is 0 Å². The normalized spacial score (nSPS) is 17.8. The molecule has 1 aliphatic rings. The molecule has 4 rings (SSSR count). The van der Waals surface area contributed by atoms with Crippen molar-refractivity contribution in [1.82, 2.24) is 29.9 Å². The van der Waals surface area contributed by atoms with Gasteiger partial charge in [0.15, 0.2) is 11.5 Å². The van der Waals surface area contributed by atoms with Crippen molar-refractivity contribution in [2.75, 3.05) is 23.3 Å². The second-order valence-electron chi connectivity index (χ2n) is 5.68. The van der Waals surface area contributed by atoms with Crippen molar-refractivity contribution in [1.29, 1.82) is 0 Å². The number of rotatable bonds is 4. The van der Waals surface area contributed by atoms with Crippen molar-refractivity contribution in [3.05, 3.63) is 30.9 Å². The van der Waals surface area contributed by atoms with Gasteiger partial charge in [0.05, 0.1) is 11.6 Å². The van der Waals surface area contributed by atoms with Crippen LogP contribution < -0.4 is 10.2 Å². The smallest absolute Gasteiger partial charge is 0.163 e. The van der Waals surface area contributed by atoms with Crippen LogP contribution in [0.3, 0.4) is 0 Å². The van der Waals surface area contributed by atoms with E-state index >= 15 is 0 Å². The molecule has 0 spiro atoms. The molecule has 1 atom stereocenters. The first-order chi connectivity index (χ1) is 11.3. The molecule has 1 fully saturated rings. The van der Waals surface area contributed by atoms with Gasteiger partial charge in [-0.2, -0.15) is 10.2 Å². The highest BCUT2D eigenvalue weighted by Gasteiger charge is 2.25. The van der Waals surface area contributed by atoms with Gasteiger partial charge in [-0.05, 0) is 25.0 Å². The lowest BCUT2D eigenvalue weighted by molar-refractivity contribution is 0.685. The molecule has 8 nitrogen and oxygen atoms in total. The Kier molecular flexibility index (Phi) is 3.49. The highest BCUT2D eigenvalue weighted by molar-refractivity contribution is 5.85. The first-order valence-electron chi connectivity index (χ1n) is 7.74. The summed E-state index contributed by atoms with van der Waals surface area (Å²) in [5, 5.41) is 16.8. The van der Waals surface area contributed by atoms with Gasteiger partial charge in [-0.3, -0.25) is 4.68 Å². The monoisotopic (exact) mass is 310 g/mol. The van der Waals surface area contributed by atoms with Crippen molar-refractivity contribution < 1.29 is 0 Å². The average Bonchev–Trinajstić information content (AvgIpc) is 3.21. The molecule has 0 amide bonds. The molecule has 3 aromatic rings. The summed E-state index contributed by atoms with van der Waals surface area (Å²) in [4.78, 5) is 10.9. The fourth-order valence-corrected chi connectivity index (χ4v) is 3.11. The summed E-state index contributed by atoms with van der Waals surface area (Å²) in [5.41, 5.74) is 0.833. The van der Waals surface area contributed by atoms with Crippen LogP contribution in [0.1, 0.15) is 12.8 Å². The number of aryl methyl sites for hydroxylation is 1. The minimum atomic E-state index is 0.383. The maximum absolute atomic E-state index is 4.36. The maximum Gasteiger partial charge on any atom is 0.163 e. The number of aromatic nitrogens is 6. The molecule has 3 aromatic heterocycles. The van der Waals surface area contributed by atoms with Crippen LogP contribution in [0.5, 0.6) is 0 Å². The largest absolute Gasteiger partial charge is 0.367 e. The SMILES string of the molecule is Cn1ncc2c(NC[C@@H]3CCCN3c3cccnn3)ncnc21. The molecule has 0 aliphatic carbocycles. The Balaban J connectivity index is 1.51. The molecule has 0 unspecified atom stereocenters. The zero-order valence-electron chi connectivity index (χ0n) is 12.9. The topological polar surface area (TPSA) is 84.7 Å². The van der Waals surface area contributed by atoms with E-state index in [1.807, 2.05) is 19.2 Å². The van der Waals surface area contributed by atoms with Crippen molar-refractivity contribution in [3.63, 3.8) is 0 Å². The summed E-state index contributed by atoms with van der Waals surface area (Å²) in [6.07, 6.45) is 7.36. The first kappa shape index (κ1) is 13.9. The summed E-state index contributed by atoms with van der Waals surface area (Å²) < 4.78 is 1.75. The van der Waals surface area contributed by atoms with Gasteiger partial charge >= 0.3 is 0 Å². The van der Waals surface area contributed by atoms with Crippen molar-refractivity contribution in [2.45, 2.75) is 18.9 Å². The second kappa shape index (κ2) is 5.79. The van der Waals surface area contributed by atoms with Gasteiger partial charge in [0, 0.05) is 32.4 Å². The second-order valence-corrected chi connectivity index (χ2v) is 5.68. The highest BCUT2D eigenvalue weighted by Crippen LogP contribution is 2.24. The van der Waals surface area contributed by atoms with E-state index in [1.54, 1.807) is 23.4 Å². The number of nitrogens with zero attached hydrogens (tertiary/aromatic N) is 7. The number of fused-ring (bicyclic) bond motifs is 1. The molecular weight excluding hydrogens is 292 g/mol. The Hall–Kier alpha value is -2.77. The van der Waals surface area contributed by atoms with Gasteiger partial charge in [-0.25, -0.2) is 9.97 Å². The summed E-state index contributed by atoms with van der Waals surface area (Å²) in [5.74, 6) is 1.76. The molecule has 23 heavy (non-hydrogen) atoms. The van der Waals surface area contributed by atoms with E-state index in [9.17, 15) is 0 Å². The molecule has 0 bridgehead atoms. The zero-order valence-corrected chi connectivity index (χ0v) is 12.9.